The second-order valence-corrected chi connectivity index (χ2v) is 7.40. The number of hydrogen-bond donors (Lipinski definition) is 1. The SMILES string of the molecule is CCCn1c(=O)n(CCC(=O)N2CCC(C(C)N)CC2)c2ccccc21.Cl. The average Bonchev–Trinajstić information content (AvgIpc) is 2.92. The van der Waals surface area contributed by atoms with Crippen molar-refractivity contribution in [1.29, 1.82) is 0 Å². The topological polar surface area (TPSA) is 73.3 Å². The molecule has 3 rings (SSSR count). The Bertz CT molecular complexity index is 819. The van der Waals surface area contributed by atoms with E-state index in [0.29, 0.717) is 25.4 Å². The van der Waals surface area contributed by atoms with Gasteiger partial charge in [0.25, 0.3) is 0 Å². The summed E-state index contributed by atoms with van der Waals surface area (Å²) >= 11 is 0. The highest BCUT2D eigenvalue weighted by atomic mass is 35.5. The van der Waals surface area contributed by atoms with Gasteiger partial charge >= 0.3 is 5.69 Å². The van der Waals surface area contributed by atoms with Gasteiger partial charge in [-0.1, -0.05) is 19.1 Å². The first-order chi connectivity index (χ1) is 12.5. The number of amides is 1. The molecule has 1 saturated heterocycles. The van der Waals surface area contributed by atoms with E-state index in [1.54, 1.807) is 4.57 Å². The number of nitrogens with two attached hydrogens (primary N) is 1. The van der Waals surface area contributed by atoms with E-state index in [1.807, 2.05) is 40.7 Å². The number of piperidine rings is 1. The number of benzene rings is 1. The Hall–Kier alpha value is -1.79. The fraction of sp³-hybridized carbons (Fsp3) is 0.600. The first kappa shape index (κ1) is 21.5. The van der Waals surface area contributed by atoms with Crippen LogP contribution in [-0.2, 0) is 17.9 Å². The maximum Gasteiger partial charge on any atom is 0.329 e. The van der Waals surface area contributed by atoms with Gasteiger partial charge in [-0.2, -0.15) is 0 Å². The van der Waals surface area contributed by atoms with Crippen LogP contribution in [0.3, 0.4) is 0 Å². The van der Waals surface area contributed by atoms with Crippen LogP contribution in [0.15, 0.2) is 29.1 Å². The van der Waals surface area contributed by atoms with E-state index in [1.165, 1.54) is 0 Å². The minimum atomic E-state index is -0.0171. The molecular formula is C20H31ClN4O2. The number of para-hydroxylation sites is 2. The molecule has 7 heteroatoms. The van der Waals surface area contributed by atoms with Crippen molar-refractivity contribution in [2.75, 3.05) is 13.1 Å². The standard InChI is InChI=1S/C20H30N4O2.ClH/c1-3-11-23-17-6-4-5-7-18(17)24(20(23)26)14-10-19(25)22-12-8-16(9-13-22)15(2)21;/h4-7,15-16H,3,8-14,21H2,1-2H3;1H. The summed E-state index contributed by atoms with van der Waals surface area (Å²) in [6.45, 7) is 6.79. The molecule has 1 fully saturated rings. The number of carbonyl (C=O) groups excluding carboxylic acids is 1. The van der Waals surface area contributed by atoms with Crippen molar-refractivity contribution in [2.45, 2.75) is 58.7 Å². The summed E-state index contributed by atoms with van der Waals surface area (Å²) in [5, 5.41) is 0. The van der Waals surface area contributed by atoms with Crippen molar-refractivity contribution < 1.29 is 4.79 Å². The van der Waals surface area contributed by atoms with Crippen LogP contribution in [0.5, 0.6) is 0 Å². The van der Waals surface area contributed by atoms with E-state index in [4.69, 9.17) is 5.73 Å². The van der Waals surface area contributed by atoms with Crippen molar-refractivity contribution in [1.82, 2.24) is 14.0 Å². The highest BCUT2D eigenvalue weighted by Gasteiger charge is 2.25. The van der Waals surface area contributed by atoms with E-state index in [2.05, 4.69) is 6.92 Å². The molecule has 1 aromatic heterocycles. The minimum absolute atomic E-state index is 0. The number of likely N-dealkylation sites (tertiary alicyclic amines) is 1. The summed E-state index contributed by atoms with van der Waals surface area (Å²) in [6.07, 6.45) is 3.21. The summed E-state index contributed by atoms with van der Waals surface area (Å²) in [7, 11) is 0. The zero-order valence-corrected chi connectivity index (χ0v) is 17.1. The first-order valence-electron chi connectivity index (χ1n) is 9.74. The smallest absolute Gasteiger partial charge is 0.329 e. The lowest BCUT2D eigenvalue weighted by Gasteiger charge is -2.33. The first-order valence-corrected chi connectivity index (χ1v) is 9.74. The number of aromatic nitrogens is 2. The van der Waals surface area contributed by atoms with Gasteiger partial charge in [0.15, 0.2) is 0 Å². The Kier molecular flexibility index (Phi) is 7.50. The van der Waals surface area contributed by atoms with Gasteiger partial charge in [-0.25, -0.2) is 4.79 Å². The van der Waals surface area contributed by atoms with Crippen molar-refractivity contribution in [2.24, 2.45) is 11.7 Å². The minimum Gasteiger partial charge on any atom is -0.343 e. The summed E-state index contributed by atoms with van der Waals surface area (Å²) in [4.78, 5) is 27.3. The van der Waals surface area contributed by atoms with Crippen LogP contribution in [0.2, 0.25) is 0 Å². The largest absolute Gasteiger partial charge is 0.343 e. The van der Waals surface area contributed by atoms with Crippen LogP contribution in [0.25, 0.3) is 11.0 Å². The van der Waals surface area contributed by atoms with Crippen LogP contribution in [0.1, 0.15) is 39.5 Å². The van der Waals surface area contributed by atoms with Gasteiger partial charge < -0.3 is 10.6 Å². The Morgan fingerprint density at radius 2 is 1.70 bits per heavy atom. The van der Waals surface area contributed by atoms with E-state index in [-0.39, 0.29) is 30.0 Å². The molecule has 150 valence electrons. The second-order valence-electron chi connectivity index (χ2n) is 7.40. The molecule has 2 N–H and O–H groups in total. The lowest BCUT2D eigenvalue weighted by atomic mass is 9.91. The fourth-order valence-corrected chi connectivity index (χ4v) is 3.97. The molecular weight excluding hydrogens is 364 g/mol. The van der Waals surface area contributed by atoms with Crippen molar-refractivity contribution in [3.05, 3.63) is 34.7 Å². The number of rotatable bonds is 6. The quantitative estimate of drug-likeness (QED) is 0.818. The van der Waals surface area contributed by atoms with Gasteiger partial charge in [0.2, 0.25) is 5.91 Å². The Balaban J connectivity index is 0.00000261. The summed E-state index contributed by atoms with van der Waals surface area (Å²) in [5.74, 6) is 0.640. The molecule has 1 amide bonds. The molecule has 1 aliphatic heterocycles. The highest BCUT2D eigenvalue weighted by molar-refractivity contribution is 5.85. The molecule has 0 aliphatic carbocycles. The summed E-state index contributed by atoms with van der Waals surface area (Å²) in [6, 6.07) is 8.02. The van der Waals surface area contributed by atoms with E-state index in [0.717, 1.165) is 43.4 Å². The molecule has 0 saturated carbocycles. The van der Waals surface area contributed by atoms with Gasteiger partial charge in [-0.05, 0) is 44.2 Å². The molecule has 1 atom stereocenters. The Labute approximate surface area is 166 Å². The number of hydrogen-bond acceptors (Lipinski definition) is 3. The molecule has 0 radical (unpaired) electrons. The number of aryl methyl sites for hydroxylation is 2. The molecule has 0 bridgehead atoms. The zero-order valence-electron chi connectivity index (χ0n) is 16.3. The van der Waals surface area contributed by atoms with Gasteiger partial charge in [0, 0.05) is 38.6 Å². The third-order valence-electron chi connectivity index (χ3n) is 5.56. The van der Waals surface area contributed by atoms with Crippen LogP contribution in [-0.4, -0.2) is 39.1 Å². The number of halogens is 1. The lowest BCUT2D eigenvalue weighted by molar-refractivity contribution is -0.132. The summed E-state index contributed by atoms with van der Waals surface area (Å²) < 4.78 is 3.56. The fourth-order valence-electron chi connectivity index (χ4n) is 3.97. The lowest BCUT2D eigenvalue weighted by Crippen LogP contribution is -2.42. The number of carbonyl (C=O) groups is 1. The van der Waals surface area contributed by atoms with Crippen LogP contribution >= 0.6 is 12.4 Å². The molecule has 1 aromatic carbocycles. The molecule has 2 aromatic rings. The molecule has 2 heterocycles. The maximum atomic E-state index is 12.8. The maximum absolute atomic E-state index is 12.8. The van der Waals surface area contributed by atoms with Crippen LogP contribution in [0, 0.1) is 5.92 Å². The van der Waals surface area contributed by atoms with Gasteiger partial charge in [0.05, 0.1) is 11.0 Å². The number of fused-ring (bicyclic) bond motifs is 1. The molecule has 0 spiro atoms. The molecule has 27 heavy (non-hydrogen) atoms. The summed E-state index contributed by atoms with van der Waals surface area (Å²) in [5.41, 5.74) is 7.82. The van der Waals surface area contributed by atoms with E-state index < -0.39 is 0 Å². The third kappa shape index (κ3) is 4.55. The average molecular weight is 395 g/mol. The predicted molar refractivity (Wildman–Crippen MR) is 111 cm³/mol. The van der Waals surface area contributed by atoms with Gasteiger partial charge in [-0.15, -0.1) is 12.4 Å². The Morgan fingerprint density at radius 1 is 1.15 bits per heavy atom. The van der Waals surface area contributed by atoms with Crippen LogP contribution in [0.4, 0.5) is 0 Å². The van der Waals surface area contributed by atoms with Crippen molar-refractivity contribution in [3.8, 4) is 0 Å². The number of imidazole rings is 1. The van der Waals surface area contributed by atoms with Crippen molar-refractivity contribution in [3.63, 3.8) is 0 Å². The molecule has 6 nitrogen and oxygen atoms in total. The van der Waals surface area contributed by atoms with Gasteiger partial charge in [-0.3, -0.25) is 13.9 Å². The monoisotopic (exact) mass is 394 g/mol. The highest BCUT2D eigenvalue weighted by Crippen LogP contribution is 2.20. The molecule has 1 aliphatic rings. The van der Waals surface area contributed by atoms with E-state index >= 15 is 0 Å². The third-order valence-corrected chi connectivity index (χ3v) is 5.56. The Morgan fingerprint density at radius 3 is 2.22 bits per heavy atom. The van der Waals surface area contributed by atoms with Gasteiger partial charge in [0.1, 0.15) is 0 Å². The number of nitrogens with zero attached hydrogens (tertiary/aromatic N) is 3. The normalized spacial score (nSPS) is 16.3. The van der Waals surface area contributed by atoms with E-state index in [9.17, 15) is 9.59 Å². The zero-order chi connectivity index (χ0) is 18.7. The van der Waals surface area contributed by atoms with Crippen LogP contribution < -0.4 is 11.4 Å². The predicted octanol–water partition coefficient (Wildman–Crippen LogP) is 2.61. The molecule has 1 unspecified atom stereocenters. The van der Waals surface area contributed by atoms with Crippen molar-refractivity contribution >= 4 is 29.3 Å². The second kappa shape index (κ2) is 9.42.